The summed E-state index contributed by atoms with van der Waals surface area (Å²) in [6.07, 6.45) is 6.21. The van der Waals surface area contributed by atoms with Crippen LogP contribution in [0.15, 0.2) is 18.5 Å². The Morgan fingerprint density at radius 3 is 2.68 bits per heavy atom. The second-order valence-corrected chi connectivity index (χ2v) is 6.17. The minimum Gasteiger partial charge on any atom is -0.367 e. The van der Waals surface area contributed by atoms with Gasteiger partial charge in [-0.2, -0.15) is 0 Å². The number of aromatic amines is 1. The van der Waals surface area contributed by atoms with Crippen molar-refractivity contribution in [2.45, 2.75) is 46.6 Å². The van der Waals surface area contributed by atoms with Crippen LogP contribution in [0.25, 0.3) is 0 Å². The summed E-state index contributed by atoms with van der Waals surface area (Å²) < 4.78 is 0. The lowest BCUT2D eigenvalue weighted by Crippen LogP contribution is -2.27. The summed E-state index contributed by atoms with van der Waals surface area (Å²) in [6, 6.07) is 1.96. The first-order valence-corrected chi connectivity index (χ1v) is 7.02. The first-order chi connectivity index (χ1) is 8.93. The van der Waals surface area contributed by atoms with Crippen molar-refractivity contribution in [1.29, 1.82) is 0 Å². The predicted octanol–water partition coefficient (Wildman–Crippen LogP) is 2.42. The van der Waals surface area contributed by atoms with Crippen LogP contribution < -0.4 is 11.1 Å². The minimum atomic E-state index is 0.118. The van der Waals surface area contributed by atoms with Gasteiger partial charge < -0.3 is 16.0 Å². The van der Waals surface area contributed by atoms with E-state index in [1.54, 1.807) is 0 Å². The Morgan fingerprint density at radius 2 is 2.16 bits per heavy atom. The number of nitrogens with two attached hydrogens (primary N) is 1. The number of H-pyrrole nitrogens is 1. The molecule has 1 rings (SSSR count). The number of hydrogen-bond acceptors (Lipinski definition) is 2. The van der Waals surface area contributed by atoms with Gasteiger partial charge in [0.25, 0.3) is 0 Å². The number of hydrogen-bond donors (Lipinski definition) is 3. The molecule has 0 aromatic carbocycles. The number of rotatable bonds is 7. The van der Waals surface area contributed by atoms with E-state index in [0.29, 0.717) is 25.4 Å². The zero-order valence-electron chi connectivity index (χ0n) is 12.3. The average molecular weight is 265 g/mol. The molecule has 0 spiro atoms. The zero-order valence-corrected chi connectivity index (χ0v) is 12.3. The summed E-state index contributed by atoms with van der Waals surface area (Å²) in [5, 5.41) is 2.94. The van der Waals surface area contributed by atoms with Gasteiger partial charge in [-0.25, -0.2) is 0 Å². The monoisotopic (exact) mass is 265 g/mol. The molecule has 4 N–H and O–H groups in total. The van der Waals surface area contributed by atoms with E-state index in [-0.39, 0.29) is 11.3 Å². The molecule has 0 bridgehead atoms. The molecule has 4 heteroatoms. The van der Waals surface area contributed by atoms with Crippen molar-refractivity contribution < 1.29 is 4.79 Å². The highest BCUT2D eigenvalue weighted by atomic mass is 16.1. The largest absolute Gasteiger partial charge is 0.367 e. The maximum atomic E-state index is 11.8. The highest BCUT2D eigenvalue weighted by Crippen LogP contribution is 2.31. The lowest BCUT2D eigenvalue weighted by molar-refractivity contribution is -0.121. The number of nitrogens with one attached hydrogen (secondary N) is 2. The van der Waals surface area contributed by atoms with E-state index in [1.165, 1.54) is 0 Å². The van der Waals surface area contributed by atoms with Crippen LogP contribution in [0, 0.1) is 11.3 Å². The van der Waals surface area contributed by atoms with Gasteiger partial charge in [0.1, 0.15) is 0 Å². The molecule has 1 unspecified atom stereocenters. The molecule has 0 fully saturated rings. The quantitative estimate of drug-likeness (QED) is 0.708. The fraction of sp³-hybridized carbons (Fsp3) is 0.667. The average Bonchev–Trinajstić information content (AvgIpc) is 2.83. The fourth-order valence-corrected chi connectivity index (χ4v) is 2.27. The van der Waals surface area contributed by atoms with E-state index in [1.807, 2.05) is 18.5 Å². The van der Waals surface area contributed by atoms with E-state index < -0.39 is 0 Å². The Labute approximate surface area is 116 Å². The fourth-order valence-electron chi connectivity index (χ4n) is 2.27. The number of aromatic nitrogens is 1. The van der Waals surface area contributed by atoms with E-state index in [2.05, 4.69) is 31.1 Å². The van der Waals surface area contributed by atoms with Gasteiger partial charge in [0, 0.05) is 25.4 Å². The van der Waals surface area contributed by atoms with E-state index in [4.69, 9.17) is 5.73 Å². The molecular weight excluding hydrogens is 238 g/mol. The second-order valence-electron chi connectivity index (χ2n) is 6.17. The molecule has 0 aliphatic carbocycles. The maximum absolute atomic E-state index is 11.8. The van der Waals surface area contributed by atoms with Crippen LogP contribution in [0.3, 0.4) is 0 Å². The van der Waals surface area contributed by atoms with Crippen molar-refractivity contribution in [2.24, 2.45) is 17.1 Å². The molecule has 4 nitrogen and oxygen atoms in total. The molecule has 1 aromatic heterocycles. The number of amides is 1. The van der Waals surface area contributed by atoms with E-state index >= 15 is 0 Å². The molecule has 0 radical (unpaired) electrons. The third-order valence-electron chi connectivity index (χ3n) is 3.61. The van der Waals surface area contributed by atoms with Crippen LogP contribution in [0.5, 0.6) is 0 Å². The molecule has 0 aliphatic heterocycles. The molecule has 0 aliphatic rings. The van der Waals surface area contributed by atoms with Crippen molar-refractivity contribution in [3.8, 4) is 0 Å². The van der Waals surface area contributed by atoms with Crippen LogP contribution in [0.1, 0.15) is 45.6 Å². The highest BCUT2D eigenvalue weighted by Gasteiger charge is 2.24. The Balaban J connectivity index is 2.31. The third-order valence-corrected chi connectivity index (χ3v) is 3.61. The number of carbonyl (C=O) groups is 1. The summed E-state index contributed by atoms with van der Waals surface area (Å²) >= 11 is 0. The van der Waals surface area contributed by atoms with Crippen LogP contribution in [0.2, 0.25) is 0 Å². The van der Waals surface area contributed by atoms with Crippen molar-refractivity contribution in [3.05, 3.63) is 24.0 Å². The predicted molar refractivity (Wildman–Crippen MR) is 78.5 cm³/mol. The van der Waals surface area contributed by atoms with Gasteiger partial charge in [0.05, 0.1) is 0 Å². The zero-order chi connectivity index (χ0) is 14.3. The van der Waals surface area contributed by atoms with Crippen molar-refractivity contribution in [3.63, 3.8) is 0 Å². The molecule has 108 valence electrons. The molecular formula is C15H27N3O. The third kappa shape index (κ3) is 5.92. The Kier molecular flexibility index (Phi) is 6.09. The van der Waals surface area contributed by atoms with Gasteiger partial charge in [0.15, 0.2) is 0 Å². The first-order valence-electron chi connectivity index (χ1n) is 7.02. The normalized spacial score (nSPS) is 13.3. The molecule has 0 saturated carbocycles. The topological polar surface area (TPSA) is 70.9 Å². The summed E-state index contributed by atoms with van der Waals surface area (Å²) in [7, 11) is 0. The molecule has 1 aromatic rings. The van der Waals surface area contributed by atoms with Gasteiger partial charge in [0.2, 0.25) is 5.91 Å². The highest BCUT2D eigenvalue weighted by molar-refractivity contribution is 5.75. The second kappa shape index (κ2) is 7.34. The molecule has 0 saturated heterocycles. The summed E-state index contributed by atoms with van der Waals surface area (Å²) in [6.45, 7) is 7.92. The van der Waals surface area contributed by atoms with Crippen molar-refractivity contribution in [2.75, 3.05) is 6.54 Å². The molecule has 1 amide bonds. The van der Waals surface area contributed by atoms with E-state index in [0.717, 1.165) is 18.4 Å². The van der Waals surface area contributed by atoms with Gasteiger partial charge >= 0.3 is 0 Å². The van der Waals surface area contributed by atoms with Gasteiger partial charge in [-0.1, -0.05) is 20.8 Å². The molecule has 1 atom stereocenters. The lowest BCUT2D eigenvalue weighted by Gasteiger charge is -2.30. The molecule has 19 heavy (non-hydrogen) atoms. The van der Waals surface area contributed by atoms with Crippen molar-refractivity contribution >= 4 is 5.91 Å². The maximum Gasteiger partial charge on any atom is 0.220 e. The van der Waals surface area contributed by atoms with Crippen LogP contribution in [-0.4, -0.2) is 17.4 Å². The lowest BCUT2D eigenvalue weighted by atomic mass is 9.76. The minimum absolute atomic E-state index is 0.118. The Hall–Kier alpha value is -1.29. The summed E-state index contributed by atoms with van der Waals surface area (Å²) in [5.41, 5.74) is 6.96. The van der Waals surface area contributed by atoms with E-state index in [9.17, 15) is 4.79 Å². The summed E-state index contributed by atoms with van der Waals surface area (Å²) in [5.74, 6) is 0.614. The van der Waals surface area contributed by atoms with Crippen LogP contribution in [0.4, 0.5) is 0 Å². The molecule has 1 heterocycles. The summed E-state index contributed by atoms with van der Waals surface area (Å²) in [4.78, 5) is 14.8. The van der Waals surface area contributed by atoms with Crippen LogP contribution >= 0.6 is 0 Å². The van der Waals surface area contributed by atoms with Crippen LogP contribution in [-0.2, 0) is 11.3 Å². The van der Waals surface area contributed by atoms with Gasteiger partial charge in [-0.3, -0.25) is 4.79 Å². The Morgan fingerprint density at radius 1 is 1.42 bits per heavy atom. The standard InChI is InChI=1S/C15H27N3O/c1-15(2,3)13(6-8-16)4-5-14(19)18-11-12-7-9-17-10-12/h7,9-10,13,17H,4-6,8,11,16H2,1-3H3,(H,18,19). The van der Waals surface area contributed by atoms with Crippen molar-refractivity contribution in [1.82, 2.24) is 10.3 Å². The smallest absolute Gasteiger partial charge is 0.220 e. The SMILES string of the molecule is CC(C)(C)C(CCN)CCC(=O)NCc1cc[nH]c1. The van der Waals surface area contributed by atoms with Gasteiger partial charge in [-0.05, 0) is 42.3 Å². The Bertz CT molecular complexity index is 365. The number of carbonyl (C=O) groups excluding carboxylic acids is 1. The first kappa shape index (κ1) is 15.8. The van der Waals surface area contributed by atoms with Gasteiger partial charge in [-0.15, -0.1) is 0 Å².